The van der Waals surface area contributed by atoms with E-state index in [1.54, 1.807) is 24.3 Å². The summed E-state index contributed by atoms with van der Waals surface area (Å²) in [6.07, 6.45) is 0. The third-order valence-corrected chi connectivity index (χ3v) is 2.53. The Balaban J connectivity index is 2.27. The highest BCUT2D eigenvalue weighted by Crippen LogP contribution is 2.21. The highest BCUT2D eigenvalue weighted by Gasteiger charge is 2.08. The molecule has 92 valence electrons. The van der Waals surface area contributed by atoms with Gasteiger partial charge in [0.15, 0.2) is 11.6 Å². The van der Waals surface area contributed by atoms with Crippen LogP contribution in [0.5, 0.6) is 0 Å². The third-order valence-electron chi connectivity index (χ3n) is 2.36. The summed E-state index contributed by atoms with van der Waals surface area (Å²) in [7, 11) is 0. The monoisotopic (exact) mass is 272 g/mol. The maximum Gasteiger partial charge on any atom is 0.226 e. The lowest BCUT2D eigenvalue weighted by Gasteiger charge is -2.04. The highest BCUT2D eigenvalue weighted by molar-refractivity contribution is 6.28. The van der Waals surface area contributed by atoms with Crippen molar-refractivity contribution in [3.05, 3.63) is 65.8 Å². The lowest BCUT2D eigenvalue weighted by Crippen LogP contribution is -1.96. The quantitative estimate of drug-likeness (QED) is 0.711. The third kappa shape index (κ3) is 2.61. The predicted octanol–water partition coefficient (Wildman–Crippen LogP) is 3.86. The van der Waals surface area contributed by atoms with Gasteiger partial charge in [0.25, 0.3) is 0 Å². The number of nitrogens with zero attached hydrogens (tertiary/aromatic N) is 3. The van der Waals surface area contributed by atoms with Crippen molar-refractivity contribution < 1.29 is 6.85 Å². The van der Waals surface area contributed by atoms with Crippen molar-refractivity contribution in [3.63, 3.8) is 0 Å². The van der Waals surface area contributed by atoms with Crippen LogP contribution >= 0.6 is 11.6 Å². The van der Waals surface area contributed by atoms with Crippen LogP contribution in [0.15, 0.2) is 60.5 Å². The lowest BCUT2D eigenvalue weighted by molar-refractivity contribution is 1.07. The fourth-order valence-corrected chi connectivity index (χ4v) is 1.70. The maximum absolute atomic E-state index is 8.00. The molecule has 0 aliphatic heterocycles. The number of benzene rings is 2. The second kappa shape index (κ2) is 5.16. The second-order valence-electron chi connectivity index (χ2n) is 3.62. The van der Waals surface area contributed by atoms with Crippen molar-refractivity contribution in [1.29, 1.82) is 0 Å². The fraction of sp³-hybridized carbons (Fsp3) is 0. The largest absolute Gasteiger partial charge is 0.226 e. The van der Waals surface area contributed by atoms with Gasteiger partial charge >= 0.3 is 0 Å². The van der Waals surface area contributed by atoms with E-state index in [-0.39, 0.29) is 34.6 Å². The zero-order chi connectivity index (χ0) is 17.4. The summed E-state index contributed by atoms with van der Waals surface area (Å²) in [6, 6.07) is 6.83. The highest BCUT2D eigenvalue weighted by atomic mass is 35.5. The molecular weight excluding hydrogens is 258 g/mol. The van der Waals surface area contributed by atoms with Crippen LogP contribution in [0.3, 0.4) is 0 Å². The van der Waals surface area contributed by atoms with Crippen molar-refractivity contribution in [3.8, 4) is 22.8 Å². The number of rotatable bonds is 2. The van der Waals surface area contributed by atoms with Gasteiger partial charge in [-0.25, -0.2) is 4.98 Å². The van der Waals surface area contributed by atoms with Crippen LogP contribution in [0.2, 0.25) is 5.28 Å². The van der Waals surface area contributed by atoms with Crippen LogP contribution < -0.4 is 0 Å². The molecule has 2 aromatic carbocycles. The van der Waals surface area contributed by atoms with E-state index in [9.17, 15) is 0 Å². The van der Waals surface area contributed by atoms with Gasteiger partial charge in [-0.15, -0.1) is 0 Å². The molecule has 0 unspecified atom stereocenters. The van der Waals surface area contributed by atoms with Crippen molar-refractivity contribution in [1.82, 2.24) is 15.0 Å². The predicted molar refractivity (Wildman–Crippen MR) is 75.7 cm³/mol. The fourth-order valence-electron chi connectivity index (χ4n) is 1.54. The number of hydrogen-bond donors (Lipinski definition) is 0. The first-order chi connectivity index (χ1) is 11.4. The molecule has 0 aliphatic carbocycles. The van der Waals surface area contributed by atoms with Gasteiger partial charge in [0.2, 0.25) is 5.28 Å². The molecule has 0 saturated carbocycles. The van der Waals surface area contributed by atoms with Crippen molar-refractivity contribution >= 4 is 11.6 Å². The molecule has 1 heterocycles. The normalized spacial score (nSPS) is 14.1. The van der Waals surface area contributed by atoms with Crippen molar-refractivity contribution in [2.24, 2.45) is 0 Å². The molecule has 3 rings (SSSR count). The van der Waals surface area contributed by atoms with Gasteiger partial charge < -0.3 is 0 Å². The van der Waals surface area contributed by atoms with E-state index in [1.165, 1.54) is 0 Å². The van der Waals surface area contributed by atoms with Crippen molar-refractivity contribution in [2.75, 3.05) is 0 Å². The smallest absolute Gasteiger partial charge is 0.208 e. The van der Waals surface area contributed by atoms with E-state index in [1.807, 2.05) is 6.07 Å². The summed E-state index contributed by atoms with van der Waals surface area (Å²) in [5.41, 5.74) is 0.567. The first-order valence-corrected chi connectivity index (χ1v) is 5.82. The van der Waals surface area contributed by atoms with E-state index in [2.05, 4.69) is 15.0 Å². The van der Waals surface area contributed by atoms with E-state index in [0.717, 1.165) is 0 Å². The van der Waals surface area contributed by atoms with Gasteiger partial charge in [-0.05, 0) is 11.6 Å². The Kier molecular flexibility index (Phi) is 2.00. The number of hydrogen-bond acceptors (Lipinski definition) is 3. The Bertz CT molecular complexity index is 905. The molecule has 0 fully saturated rings. The average Bonchev–Trinajstić information content (AvgIpc) is 2.59. The molecule has 0 radical (unpaired) electrons. The first kappa shape index (κ1) is 7.36. The minimum Gasteiger partial charge on any atom is -0.208 e. The topological polar surface area (TPSA) is 38.7 Å². The zero-order valence-corrected chi connectivity index (χ0v) is 10.4. The second-order valence-corrected chi connectivity index (χ2v) is 3.96. The molecule has 0 spiro atoms. The lowest BCUT2D eigenvalue weighted by atomic mass is 10.2. The average molecular weight is 273 g/mol. The van der Waals surface area contributed by atoms with Crippen LogP contribution in [0.4, 0.5) is 0 Å². The minimum atomic E-state index is -0.475. The zero-order valence-electron chi connectivity index (χ0n) is 14.6. The molecule has 0 atom stereocenters. The van der Waals surface area contributed by atoms with E-state index >= 15 is 0 Å². The van der Waals surface area contributed by atoms with Gasteiger partial charge in [0.05, 0.1) is 6.85 Å². The van der Waals surface area contributed by atoms with Crippen molar-refractivity contribution in [2.45, 2.75) is 0 Å². The summed E-state index contributed by atoms with van der Waals surface area (Å²) < 4.78 is 39.1. The van der Waals surface area contributed by atoms with Crippen LogP contribution in [0.1, 0.15) is 6.85 Å². The number of aromatic nitrogens is 3. The first-order valence-electron chi connectivity index (χ1n) is 7.94. The molecule has 0 aliphatic rings. The van der Waals surface area contributed by atoms with Gasteiger partial charge in [0, 0.05) is 11.1 Å². The van der Waals surface area contributed by atoms with Gasteiger partial charge in [-0.2, -0.15) is 9.97 Å². The summed E-state index contributed by atoms with van der Waals surface area (Å²) >= 11 is 5.95. The molecule has 1 aromatic heterocycles. The molecule has 0 bridgehead atoms. The maximum atomic E-state index is 8.00. The Labute approximate surface area is 123 Å². The van der Waals surface area contributed by atoms with E-state index in [4.69, 9.17) is 18.5 Å². The molecule has 4 heteroatoms. The van der Waals surface area contributed by atoms with E-state index in [0.29, 0.717) is 5.56 Å². The standard InChI is InChI=1S/C15H10ClN3/c16-15-18-13(11-7-3-1-4-8-11)17-14(19-15)12-9-5-2-6-10-12/h1-10H/i1D,3D,4D,7D,8D. The molecular formula is C15H10ClN3. The molecule has 3 nitrogen and oxygen atoms in total. The molecule has 0 saturated heterocycles. The van der Waals surface area contributed by atoms with Gasteiger partial charge in [-0.3, -0.25) is 0 Å². The Morgan fingerprint density at radius 3 is 2.11 bits per heavy atom. The summed E-state index contributed by atoms with van der Waals surface area (Å²) in [6.45, 7) is 0. The SMILES string of the molecule is [2H]c1c([2H])c([2H])c(-c2nc(Cl)nc(-c3ccccc3)n2)c([2H])c1[2H]. The van der Waals surface area contributed by atoms with Gasteiger partial charge in [0.1, 0.15) is 0 Å². The number of halogens is 1. The Morgan fingerprint density at radius 2 is 1.42 bits per heavy atom. The van der Waals surface area contributed by atoms with Crippen LogP contribution in [-0.2, 0) is 0 Å². The molecule has 3 aromatic rings. The van der Waals surface area contributed by atoms with Crippen LogP contribution in [-0.4, -0.2) is 15.0 Å². The molecule has 0 N–H and O–H groups in total. The Morgan fingerprint density at radius 1 is 0.789 bits per heavy atom. The van der Waals surface area contributed by atoms with Crippen LogP contribution in [0.25, 0.3) is 22.8 Å². The summed E-state index contributed by atoms with van der Waals surface area (Å²) in [5, 5.41) is -0.120. The van der Waals surface area contributed by atoms with Gasteiger partial charge in [-0.1, -0.05) is 60.5 Å². The van der Waals surface area contributed by atoms with Crippen LogP contribution in [0, 0.1) is 0 Å². The summed E-state index contributed by atoms with van der Waals surface area (Å²) in [4.78, 5) is 12.2. The van der Waals surface area contributed by atoms with E-state index < -0.39 is 18.1 Å². The molecule has 0 amide bonds. The summed E-state index contributed by atoms with van der Waals surface area (Å²) in [5.74, 6) is 0.197. The Hall–Kier alpha value is -2.26. The molecule has 19 heavy (non-hydrogen) atoms. The minimum absolute atomic E-state index is 0.0640.